The Morgan fingerprint density at radius 3 is 2.68 bits per heavy atom. The lowest BCUT2D eigenvalue weighted by Gasteiger charge is -2.04. The molecular formula is C20H12FN5O2. The predicted octanol–water partition coefficient (Wildman–Crippen LogP) is 1.69. The Hall–Kier alpha value is -4.04. The molecule has 1 saturated carbocycles. The van der Waals surface area contributed by atoms with Gasteiger partial charge >= 0.3 is 5.69 Å². The summed E-state index contributed by atoms with van der Waals surface area (Å²) in [5.41, 5.74) is 0.778. The van der Waals surface area contributed by atoms with Gasteiger partial charge in [0.15, 0.2) is 5.69 Å². The van der Waals surface area contributed by atoms with Crippen LogP contribution in [0, 0.1) is 34.9 Å². The lowest BCUT2D eigenvalue weighted by Crippen LogP contribution is -2.23. The Morgan fingerprint density at radius 2 is 1.96 bits per heavy atom. The van der Waals surface area contributed by atoms with E-state index in [4.69, 9.17) is 0 Å². The molecule has 0 bridgehead atoms. The first-order chi connectivity index (χ1) is 13.5. The highest BCUT2D eigenvalue weighted by molar-refractivity contribution is 5.59. The fraction of sp³-hybridized carbons (Fsp3) is 0.150. The minimum Gasteiger partial charge on any atom is -0.313 e. The van der Waals surface area contributed by atoms with Gasteiger partial charge in [0, 0.05) is 23.6 Å². The SMILES string of the molecule is N#Cc1nnc(-c2c[nH]c(=O)[nH]c2=O)cc1[C@H]1C[C@@H]1C#Cc1ccc(F)cc1. The number of benzene rings is 1. The molecule has 0 aliphatic heterocycles. The van der Waals surface area contributed by atoms with Crippen molar-refractivity contribution in [2.45, 2.75) is 12.3 Å². The van der Waals surface area contributed by atoms with Gasteiger partial charge in [0.2, 0.25) is 0 Å². The molecule has 8 heteroatoms. The van der Waals surface area contributed by atoms with Crippen LogP contribution in [0.3, 0.4) is 0 Å². The average molecular weight is 373 g/mol. The second-order valence-electron chi connectivity index (χ2n) is 6.36. The molecule has 0 spiro atoms. The Kier molecular flexibility index (Phi) is 4.30. The van der Waals surface area contributed by atoms with Gasteiger partial charge in [-0.3, -0.25) is 9.78 Å². The third kappa shape index (κ3) is 3.44. The lowest BCUT2D eigenvalue weighted by atomic mass is 10.1. The first kappa shape index (κ1) is 17.4. The maximum Gasteiger partial charge on any atom is 0.325 e. The largest absolute Gasteiger partial charge is 0.325 e. The number of nitriles is 1. The minimum absolute atomic E-state index is 0.00121. The van der Waals surface area contributed by atoms with E-state index in [0.29, 0.717) is 11.1 Å². The Bertz CT molecular complexity index is 1280. The molecule has 1 aliphatic carbocycles. The third-order valence-corrected chi connectivity index (χ3v) is 4.46. The summed E-state index contributed by atoms with van der Waals surface area (Å²) in [5.74, 6) is 5.84. The standard InChI is InChI=1S/C20H12FN5O2/c21-13-5-2-11(3-6-13)1-4-12-7-14(12)15-8-17(25-26-18(15)9-22)16-10-23-20(28)24-19(16)27/h2-3,5-6,8,10,12,14H,7H2,(H2,23,24,27,28)/t12-,14-/m0/s1. The number of hydrogen-bond acceptors (Lipinski definition) is 5. The zero-order chi connectivity index (χ0) is 19.7. The summed E-state index contributed by atoms with van der Waals surface area (Å²) in [5, 5.41) is 17.2. The summed E-state index contributed by atoms with van der Waals surface area (Å²) in [6, 6.07) is 9.56. The highest BCUT2D eigenvalue weighted by Gasteiger charge is 2.39. The van der Waals surface area contributed by atoms with E-state index in [2.05, 4.69) is 32.0 Å². The van der Waals surface area contributed by atoms with Crippen molar-refractivity contribution in [2.75, 3.05) is 0 Å². The van der Waals surface area contributed by atoms with E-state index in [1.807, 2.05) is 6.07 Å². The first-order valence-electron chi connectivity index (χ1n) is 8.42. The first-order valence-corrected chi connectivity index (χ1v) is 8.42. The number of H-pyrrole nitrogens is 2. The molecule has 2 heterocycles. The summed E-state index contributed by atoms with van der Waals surface area (Å²) in [6.45, 7) is 0. The van der Waals surface area contributed by atoms with Crippen LogP contribution in [0.2, 0.25) is 0 Å². The van der Waals surface area contributed by atoms with E-state index in [1.165, 1.54) is 18.3 Å². The number of halogens is 1. The second kappa shape index (κ2) is 6.93. The molecule has 0 radical (unpaired) electrons. The monoisotopic (exact) mass is 373 g/mol. The number of aromatic amines is 2. The maximum atomic E-state index is 13.0. The summed E-state index contributed by atoms with van der Waals surface area (Å²) in [7, 11) is 0. The van der Waals surface area contributed by atoms with Crippen LogP contribution in [-0.4, -0.2) is 20.2 Å². The molecule has 2 aromatic heterocycles. The van der Waals surface area contributed by atoms with Crippen LogP contribution in [-0.2, 0) is 0 Å². The predicted molar refractivity (Wildman–Crippen MR) is 97.6 cm³/mol. The lowest BCUT2D eigenvalue weighted by molar-refractivity contribution is 0.627. The molecule has 3 aromatic rings. The van der Waals surface area contributed by atoms with Gasteiger partial charge in [-0.1, -0.05) is 11.8 Å². The summed E-state index contributed by atoms with van der Waals surface area (Å²) >= 11 is 0. The van der Waals surface area contributed by atoms with Crippen molar-refractivity contribution in [2.24, 2.45) is 5.92 Å². The van der Waals surface area contributed by atoms with Crippen LogP contribution >= 0.6 is 0 Å². The number of hydrogen-bond donors (Lipinski definition) is 2. The Balaban J connectivity index is 1.63. The van der Waals surface area contributed by atoms with Crippen molar-refractivity contribution in [1.82, 2.24) is 20.2 Å². The van der Waals surface area contributed by atoms with Gasteiger partial charge in [-0.05, 0) is 42.3 Å². The molecular weight excluding hydrogens is 361 g/mol. The van der Waals surface area contributed by atoms with Gasteiger partial charge in [0.25, 0.3) is 5.56 Å². The topological polar surface area (TPSA) is 115 Å². The zero-order valence-electron chi connectivity index (χ0n) is 14.4. The van der Waals surface area contributed by atoms with Crippen LogP contribution < -0.4 is 11.2 Å². The van der Waals surface area contributed by atoms with E-state index in [9.17, 15) is 19.2 Å². The molecule has 0 unspecified atom stereocenters. The van der Waals surface area contributed by atoms with Crippen LogP contribution in [0.15, 0.2) is 46.1 Å². The quantitative estimate of drug-likeness (QED) is 0.663. The highest BCUT2D eigenvalue weighted by atomic mass is 19.1. The van der Waals surface area contributed by atoms with E-state index < -0.39 is 11.2 Å². The molecule has 0 saturated heterocycles. The number of rotatable bonds is 2. The highest BCUT2D eigenvalue weighted by Crippen LogP contribution is 2.48. The zero-order valence-corrected chi connectivity index (χ0v) is 14.4. The molecule has 1 aliphatic rings. The molecule has 136 valence electrons. The van der Waals surface area contributed by atoms with Crippen LogP contribution in [0.1, 0.15) is 29.2 Å². The van der Waals surface area contributed by atoms with Crippen molar-refractivity contribution >= 4 is 0 Å². The van der Waals surface area contributed by atoms with E-state index in [0.717, 1.165) is 6.42 Å². The van der Waals surface area contributed by atoms with Gasteiger partial charge in [0.05, 0.1) is 5.56 Å². The molecule has 1 fully saturated rings. The van der Waals surface area contributed by atoms with E-state index >= 15 is 0 Å². The van der Waals surface area contributed by atoms with Crippen molar-refractivity contribution in [3.63, 3.8) is 0 Å². The molecule has 4 rings (SSSR count). The number of nitrogens with zero attached hydrogens (tertiary/aromatic N) is 3. The number of nitrogens with one attached hydrogen (secondary N) is 2. The Morgan fingerprint density at radius 1 is 1.18 bits per heavy atom. The second-order valence-corrected chi connectivity index (χ2v) is 6.36. The van der Waals surface area contributed by atoms with Crippen molar-refractivity contribution < 1.29 is 4.39 Å². The molecule has 2 atom stereocenters. The molecule has 1 aromatic carbocycles. The smallest absolute Gasteiger partial charge is 0.313 e. The normalized spacial score (nSPS) is 17.3. The van der Waals surface area contributed by atoms with Crippen LogP contribution in [0.5, 0.6) is 0 Å². The Labute approximate surface area is 157 Å². The van der Waals surface area contributed by atoms with Crippen molar-refractivity contribution in [3.05, 3.63) is 80.0 Å². The summed E-state index contributed by atoms with van der Waals surface area (Å²) in [6.07, 6.45) is 2.01. The fourth-order valence-corrected chi connectivity index (χ4v) is 2.91. The molecule has 2 N–H and O–H groups in total. The molecule has 0 amide bonds. The molecule has 7 nitrogen and oxygen atoms in total. The van der Waals surface area contributed by atoms with Crippen molar-refractivity contribution in [1.29, 1.82) is 5.26 Å². The van der Waals surface area contributed by atoms with E-state index in [1.54, 1.807) is 18.2 Å². The average Bonchev–Trinajstić information content (AvgIpc) is 3.47. The van der Waals surface area contributed by atoms with Gasteiger partial charge in [-0.25, -0.2) is 9.18 Å². The maximum absolute atomic E-state index is 13.0. The van der Waals surface area contributed by atoms with Gasteiger partial charge in [-0.15, -0.1) is 10.2 Å². The van der Waals surface area contributed by atoms with Crippen LogP contribution in [0.25, 0.3) is 11.3 Å². The number of aromatic nitrogens is 4. The summed E-state index contributed by atoms with van der Waals surface area (Å²) in [4.78, 5) is 27.7. The third-order valence-electron chi connectivity index (χ3n) is 4.46. The summed E-state index contributed by atoms with van der Waals surface area (Å²) < 4.78 is 13.0. The fourth-order valence-electron chi connectivity index (χ4n) is 2.91. The molecule has 28 heavy (non-hydrogen) atoms. The van der Waals surface area contributed by atoms with E-state index in [-0.39, 0.29) is 34.6 Å². The van der Waals surface area contributed by atoms with Crippen LogP contribution in [0.4, 0.5) is 4.39 Å². The van der Waals surface area contributed by atoms with Gasteiger partial charge in [0.1, 0.15) is 17.6 Å². The van der Waals surface area contributed by atoms with Gasteiger partial charge < -0.3 is 4.98 Å². The van der Waals surface area contributed by atoms with Gasteiger partial charge in [-0.2, -0.15) is 5.26 Å². The minimum atomic E-state index is -0.617. The van der Waals surface area contributed by atoms with Crippen molar-refractivity contribution in [3.8, 4) is 29.2 Å².